The maximum atomic E-state index is 6.27. The molecule has 0 radical (unpaired) electrons. The highest BCUT2D eigenvalue weighted by Crippen LogP contribution is 2.43. The van der Waals surface area contributed by atoms with Gasteiger partial charge in [-0.05, 0) is 56.2 Å². The zero-order valence-corrected chi connectivity index (χ0v) is 14.8. The minimum absolute atomic E-state index is 0.232. The number of hydrogen-bond acceptors (Lipinski definition) is 3. The lowest BCUT2D eigenvalue weighted by Gasteiger charge is -2.52. The Morgan fingerprint density at radius 1 is 1.15 bits per heavy atom. The zero-order valence-electron chi connectivity index (χ0n) is 14.0. The summed E-state index contributed by atoms with van der Waals surface area (Å²) in [5.41, 5.74) is 6.93. The van der Waals surface area contributed by atoms with Crippen molar-refractivity contribution in [2.75, 3.05) is 25.1 Å². The van der Waals surface area contributed by atoms with Gasteiger partial charge in [-0.2, -0.15) is 11.8 Å². The van der Waals surface area contributed by atoms with Crippen molar-refractivity contribution in [2.24, 2.45) is 17.1 Å². The molecule has 1 heterocycles. The van der Waals surface area contributed by atoms with Gasteiger partial charge in [0.2, 0.25) is 0 Å². The maximum absolute atomic E-state index is 6.27. The van der Waals surface area contributed by atoms with Gasteiger partial charge in [0.15, 0.2) is 0 Å². The fourth-order valence-electron chi connectivity index (χ4n) is 4.34. The first-order valence-corrected chi connectivity index (χ1v) is 9.59. The van der Waals surface area contributed by atoms with Crippen LogP contribution in [0.2, 0.25) is 0 Å². The van der Waals surface area contributed by atoms with E-state index in [0.29, 0.717) is 5.41 Å². The van der Waals surface area contributed by atoms with Crippen LogP contribution < -0.4 is 5.73 Å². The number of rotatable bonds is 4. The van der Waals surface area contributed by atoms with Crippen LogP contribution in [0, 0.1) is 11.3 Å². The van der Waals surface area contributed by atoms with Crippen LogP contribution in [0.5, 0.6) is 0 Å². The molecule has 2 rings (SSSR count). The van der Waals surface area contributed by atoms with Crippen molar-refractivity contribution in [3.8, 4) is 0 Å². The Balaban J connectivity index is 2.03. The molecule has 2 fully saturated rings. The monoisotopic (exact) mass is 298 g/mol. The van der Waals surface area contributed by atoms with Crippen LogP contribution in [0.3, 0.4) is 0 Å². The van der Waals surface area contributed by atoms with Gasteiger partial charge in [-0.15, -0.1) is 0 Å². The van der Waals surface area contributed by atoms with Gasteiger partial charge in [-0.3, -0.25) is 4.90 Å². The molecule has 1 atom stereocenters. The van der Waals surface area contributed by atoms with E-state index in [1.807, 2.05) is 0 Å². The van der Waals surface area contributed by atoms with Gasteiger partial charge in [-0.25, -0.2) is 0 Å². The smallest absolute Gasteiger partial charge is 0.0427 e. The molecule has 20 heavy (non-hydrogen) atoms. The Bertz CT molecular complexity index is 310. The first kappa shape index (κ1) is 16.6. The number of nitrogens with two attached hydrogens (primary N) is 1. The summed E-state index contributed by atoms with van der Waals surface area (Å²) in [5.74, 6) is 3.48. The second kappa shape index (κ2) is 6.58. The van der Waals surface area contributed by atoms with Crippen LogP contribution in [-0.2, 0) is 0 Å². The predicted molar refractivity (Wildman–Crippen MR) is 91.3 cm³/mol. The van der Waals surface area contributed by atoms with Gasteiger partial charge in [0.1, 0.15) is 0 Å². The molecule has 1 saturated carbocycles. The Hall–Kier alpha value is 0.270. The average molecular weight is 299 g/mol. The van der Waals surface area contributed by atoms with Crippen LogP contribution >= 0.6 is 11.8 Å². The summed E-state index contributed by atoms with van der Waals surface area (Å²) in [7, 11) is 2.35. The molecular weight excluding hydrogens is 264 g/mol. The Kier molecular flexibility index (Phi) is 5.47. The molecule has 0 aromatic carbocycles. The largest absolute Gasteiger partial charge is 0.329 e. The van der Waals surface area contributed by atoms with Crippen molar-refractivity contribution >= 4 is 11.8 Å². The molecule has 118 valence electrons. The van der Waals surface area contributed by atoms with E-state index in [1.165, 1.54) is 50.0 Å². The quantitative estimate of drug-likeness (QED) is 0.857. The molecule has 0 bridgehead atoms. The van der Waals surface area contributed by atoms with Gasteiger partial charge in [0.25, 0.3) is 0 Å². The fourth-order valence-corrected chi connectivity index (χ4v) is 5.90. The topological polar surface area (TPSA) is 29.3 Å². The van der Waals surface area contributed by atoms with Gasteiger partial charge in [0.05, 0.1) is 0 Å². The van der Waals surface area contributed by atoms with Gasteiger partial charge >= 0.3 is 0 Å². The first-order valence-electron chi connectivity index (χ1n) is 8.43. The summed E-state index contributed by atoms with van der Waals surface area (Å²) in [6.45, 7) is 7.97. The van der Waals surface area contributed by atoms with E-state index in [2.05, 4.69) is 44.5 Å². The molecule has 1 saturated heterocycles. The Morgan fingerprint density at radius 2 is 1.80 bits per heavy atom. The molecule has 0 amide bonds. The van der Waals surface area contributed by atoms with Crippen molar-refractivity contribution in [1.29, 1.82) is 0 Å². The summed E-state index contributed by atoms with van der Waals surface area (Å²) in [5, 5.41) is 0. The van der Waals surface area contributed by atoms with E-state index in [9.17, 15) is 0 Å². The molecule has 3 heteroatoms. The predicted octanol–water partition coefficient (Wildman–Crippen LogP) is 3.75. The molecule has 0 aromatic rings. The molecule has 0 spiro atoms. The molecule has 2 nitrogen and oxygen atoms in total. The number of nitrogens with zero attached hydrogens (tertiary/aromatic N) is 1. The number of likely N-dealkylation sites (N-methyl/N-ethyl adjacent to an activating group) is 1. The van der Waals surface area contributed by atoms with Crippen LogP contribution in [-0.4, -0.2) is 41.6 Å². The lowest BCUT2D eigenvalue weighted by molar-refractivity contribution is 0.0326. The third kappa shape index (κ3) is 3.53. The second-order valence-electron chi connectivity index (χ2n) is 7.96. The van der Waals surface area contributed by atoms with Crippen molar-refractivity contribution in [1.82, 2.24) is 4.90 Å². The lowest BCUT2D eigenvalue weighted by atomic mass is 9.76. The third-order valence-corrected chi connectivity index (χ3v) is 7.47. The van der Waals surface area contributed by atoms with E-state index in [4.69, 9.17) is 5.73 Å². The van der Waals surface area contributed by atoms with Gasteiger partial charge in [-0.1, -0.05) is 27.2 Å². The Morgan fingerprint density at radius 3 is 2.30 bits per heavy atom. The molecule has 2 N–H and O–H groups in total. The van der Waals surface area contributed by atoms with Crippen molar-refractivity contribution in [2.45, 2.75) is 70.9 Å². The average Bonchev–Trinajstić information content (AvgIpc) is 2.45. The van der Waals surface area contributed by atoms with Crippen molar-refractivity contribution < 1.29 is 0 Å². The van der Waals surface area contributed by atoms with E-state index in [1.54, 1.807) is 0 Å². The summed E-state index contributed by atoms with van der Waals surface area (Å²) < 4.78 is 0. The maximum Gasteiger partial charge on any atom is 0.0427 e. The zero-order chi connectivity index (χ0) is 14.8. The molecule has 1 unspecified atom stereocenters. The van der Waals surface area contributed by atoms with Crippen LogP contribution in [0.15, 0.2) is 0 Å². The number of thioether (sulfide) groups is 1. The SMILES string of the molecule is CCC1CCC(N(C)C2(CN)CSCC(C)(C)C2)CC1. The van der Waals surface area contributed by atoms with Crippen molar-refractivity contribution in [3.05, 3.63) is 0 Å². The summed E-state index contributed by atoms with van der Waals surface area (Å²) in [6.07, 6.45) is 8.21. The minimum atomic E-state index is 0.232. The van der Waals surface area contributed by atoms with Crippen LogP contribution in [0.25, 0.3) is 0 Å². The Labute approximate surface area is 130 Å². The molecular formula is C17H34N2S. The highest BCUT2D eigenvalue weighted by molar-refractivity contribution is 7.99. The second-order valence-corrected chi connectivity index (χ2v) is 8.94. The summed E-state index contributed by atoms with van der Waals surface area (Å²) >= 11 is 2.11. The van der Waals surface area contributed by atoms with E-state index >= 15 is 0 Å². The lowest BCUT2D eigenvalue weighted by Crippen LogP contribution is -2.61. The van der Waals surface area contributed by atoms with Gasteiger partial charge < -0.3 is 5.73 Å². The van der Waals surface area contributed by atoms with E-state index in [0.717, 1.165) is 18.5 Å². The van der Waals surface area contributed by atoms with Crippen LogP contribution in [0.1, 0.15) is 59.3 Å². The molecule has 0 aromatic heterocycles. The molecule has 2 aliphatic rings. The summed E-state index contributed by atoms with van der Waals surface area (Å²) in [6, 6.07) is 0.760. The van der Waals surface area contributed by atoms with Crippen molar-refractivity contribution in [3.63, 3.8) is 0 Å². The van der Waals surface area contributed by atoms with E-state index in [-0.39, 0.29) is 5.54 Å². The third-order valence-electron chi connectivity index (χ3n) is 5.74. The van der Waals surface area contributed by atoms with Gasteiger partial charge in [0, 0.05) is 23.9 Å². The first-order chi connectivity index (χ1) is 9.42. The molecule has 1 aliphatic heterocycles. The standard InChI is InChI=1S/C17H34N2S/c1-5-14-6-8-15(9-7-14)19(4)17(11-18)10-16(2,3)12-20-13-17/h14-15H,5-13,18H2,1-4H3. The fraction of sp³-hybridized carbons (Fsp3) is 1.00. The number of hydrogen-bond donors (Lipinski definition) is 1. The highest BCUT2D eigenvalue weighted by atomic mass is 32.2. The molecule has 1 aliphatic carbocycles. The normalized spacial score (nSPS) is 38.1. The minimum Gasteiger partial charge on any atom is -0.329 e. The van der Waals surface area contributed by atoms with E-state index < -0.39 is 0 Å². The van der Waals surface area contributed by atoms with Crippen LogP contribution in [0.4, 0.5) is 0 Å². The highest BCUT2D eigenvalue weighted by Gasteiger charge is 2.44. The summed E-state index contributed by atoms with van der Waals surface area (Å²) in [4.78, 5) is 2.69.